The van der Waals surface area contributed by atoms with Gasteiger partial charge in [-0.2, -0.15) is 0 Å². The first-order chi connectivity index (χ1) is 21.0. The highest BCUT2D eigenvalue weighted by molar-refractivity contribution is 6.32. The molecule has 2 aliphatic heterocycles. The summed E-state index contributed by atoms with van der Waals surface area (Å²) >= 11 is 0. The lowest BCUT2D eigenvalue weighted by Crippen LogP contribution is -2.58. The largest absolute Gasteiger partial charge is 0.507 e. The summed E-state index contributed by atoms with van der Waals surface area (Å²) in [5.74, 6) is -2.49. The predicted molar refractivity (Wildman–Crippen MR) is 152 cm³/mol. The normalized spacial score (nSPS) is 30.3. The number of aliphatic hydroxyl groups is 3. The van der Waals surface area contributed by atoms with Gasteiger partial charge in [0.15, 0.2) is 17.9 Å². The minimum atomic E-state index is -2.21. The lowest BCUT2D eigenvalue weighted by atomic mass is 9.71. The molecule has 0 bridgehead atoms. The Morgan fingerprint density at radius 1 is 1.16 bits per heavy atom. The van der Waals surface area contributed by atoms with E-state index in [1.807, 2.05) is 0 Å². The summed E-state index contributed by atoms with van der Waals surface area (Å²) in [6.45, 7) is 2.92. The third-order valence-corrected chi connectivity index (χ3v) is 9.29. The molecule has 0 aromatic heterocycles. The number of hydrogen-bond acceptors (Lipinski definition) is 13. The Morgan fingerprint density at radius 2 is 1.89 bits per heavy atom. The number of aromatic hydroxyl groups is 2. The van der Waals surface area contributed by atoms with Crippen LogP contribution in [0.5, 0.6) is 17.2 Å². The second-order valence-electron chi connectivity index (χ2n) is 11.8. The van der Waals surface area contributed by atoms with Gasteiger partial charge >= 0.3 is 0 Å². The molecule has 0 unspecified atom stereocenters. The van der Waals surface area contributed by atoms with Crippen LogP contribution in [-0.4, -0.2) is 118 Å². The molecule has 2 heterocycles. The van der Waals surface area contributed by atoms with E-state index in [1.165, 1.54) is 13.2 Å². The first-order valence-electron chi connectivity index (χ1n) is 14.6. The van der Waals surface area contributed by atoms with Crippen molar-refractivity contribution in [3.63, 3.8) is 0 Å². The van der Waals surface area contributed by atoms with Crippen molar-refractivity contribution in [2.24, 2.45) is 0 Å². The fourth-order valence-electron chi connectivity index (χ4n) is 7.01. The number of nitrogens with one attached hydrogen (secondary N) is 1. The van der Waals surface area contributed by atoms with Crippen molar-refractivity contribution in [1.82, 2.24) is 4.90 Å². The number of carbonyl (C=O) groups excluding carboxylic acids is 2. The van der Waals surface area contributed by atoms with Crippen molar-refractivity contribution in [2.45, 2.75) is 62.4 Å². The highest BCUT2D eigenvalue weighted by Gasteiger charge is 2.50. The molecule has 6 atom stereocenters. The van der Waals surface area contributed by atoms with Crippen LogP contribution in [-0.2, 0) is 25.4 Å². The van der Waals surface area contributed by atoms with E-state index in [1.54, 1.807) is 19.1 Å². The number of aliphatic hydroxyl groups excluding tert-OH is 2. The van der Waals surface area contributed by atoms with E-state index < -0.39 is 72.7 Å². The number of morpholine rings is 1. The SMILES string of the molecule is COc1cccc2c1C(=N)c1c(O)c3c(c(O)c1C2=O)C[C@@](O)(C(=O)CO)C[C@@H]3O[C@H]1C[C@H](N2CCOCC2)[C@H](O)[C@H](C)O1. The van der Waals surface area contributed by atoms with Crippen LogP contribution in [0, 0.1) is 5.41 Å². The summed E-state index contributed by atoms with van der Waals surface area (Å²) in [6, 6.07) is 4.27. The van der Waals surface area contributed by atoms with E-state index in [2.05, 4.69) is 4.90 Å². The first-order valence-corrected chi connectivity index (χ1v) is 14.6. The number of ketones is 2. The Bertz CT molecular complexity index is 1520. The summed E-state index contributed by atoms with van der Waals surface area (Å²) < 4.78 is 23.2. The smallest absolute Gasteiger partial charge is 0.198 e. The number of hydrogen-bond donors (Lipinski definition) is 6. The van der Waals surface area contributed by atoms with E-state index in [0.29, 0.717) is 26.3 Å². The van der Waals surface area contributed by atoms with Gasteiger partial charge in [0.25, 0.3) is 0 Å². The second kappa shape index (κ2) is 11.5. The molecular weight excluding hydrogens is 576 g/mol. The molecule has 4 aliphatic rings. The number of methoxy groups -OCH3 is 1. The van der Waals surface area contributed by atoms with Gasteiger partial charge in [0.2, 0.25) is 0 Å². The molecule has 0 amide bonds. The van der Waals surface area contributed by atoms with Crippen molar-refractivity contribution in [3.8, 4) is 17.2 Å². The lowest BCUT2D eigenvalue weighted by molar-refractivity contribution is -0.260. The zero-order valence-corrected chi connectivity index (χ0v) is 24.4. The minimum Gasteiger partial charge on any atom is -0.507 e. The average molecular weight is 613 g/mol. The van der Waals surface area contributed by atoms with Gasteiger partial charge < -0.3 is 44.5 Å². The molecule has 2 aromatic carbocycles. The van der Waals surface area contributed by atoms with E-state index in [9.17, 15) is 35.1 Å². The van der Waals surface area contributed by atoms with E-state index in [4.69, 9.17) is 24.4 Å². The highest BCUT2D eigenvalue weighted by atomic mass is 16.7. The number of phenolic OH excluding ortho intramolecular Hbond substituents is 2. The quantitative estimate of drug-likeness (QED) is 0.212. The maximum Gasteiger partial charge on any atom is 0.198 e. The third kappa shape index (κ3) is 4.79. The molecule has 2 saturated heterocycles. The number of benzene rings is 2. The number of fused-ring (bicyclic) bond motifs is 3. The Balaban J connectivity index is 1.45. The Kier molecular flexibility index (Phi) is 7.99. The van der Waals surface area contributed by atoms with Crippen LogP contribution in [0.4, 0.5) is 0 Å². The number of phenols is 2. The monoisotopic (exact) mass is 612 g/mol. The second-order valence-corrected chi connectivity index (χ2v) is 11.8. The van der Waals surface area contributed by atoms with Gasteiger partial charge in [-0.3, -0.25) is 19.9 Å². The van der Waals surface area contributed by atoms with Crippen molar-refractivity contribution >= 4 is 17.3 Å². The molecule has 0 saturated carbocycles. The van der Waals surface area contributed by atoms with Gasteiger partial charge in [0.1, 0.15) is 29.5 Å². The summed E-state index contributed by atoms with van der Waals surface area (Å²) in [5.41, 5.74) is -2.92. The predicted octanol–water partition coefficient (Wildman–Crippen LogP) is 0.560. The van der Waals surface area contributed by atoms with Crippen LogP contribution in [0.25, 0.3) is 0 Å². The van der Waals surface area contributed by atoms with Crippen LogP contribution in [0.2, 0.25) is 0 Å². The maximum atomic E-state index is 13.7. The van der Waals surface area contributed by atoms with E-state index in [-0.39, 0.29) is 57.3 Å². The molecule has 13 heteroatoms. The van der Waals surface area contributed by atoms with Crippen LogP contribution in [0.3, 0.4) is 0 Å². The van der Waals surface area contributed by atoms with E-state index in [0.717, 1.165) is 0 Å². The molecule has 44 heavy (non-hydrogen) atoms. The molecule has 6 rings (SSSR count). The zero-order valence-electron chi connectivity index (χ0n) is 24.4. The van der Waals surface area contributed by atoms with Crippen LogP contribution in [0.15, 0.2) is 18.2 Å². The van der Waals surface area contributed by atoms with Crippen molar-refractivity contribution in [2.75, 3.05) is 40.0 Å². The van der Waals surface area contributed by atoms with E-state index >= 15 is 0 Å². The van der Waals surface area contributed by atoms with Gasteiger partial charge in [0, 0.05) is 55.1 Å². The number of nitrogens with zero attached hydrogens (tertiary/aromatic N) is 1. The van der Waals surface area contributed by atoms with Crippen LogP contribution < -0.4 is 4.74 Å². The van der Waals surface area contributed by atoms with Gasteiger partial charge in [-0.25, -0.2) is 0 Å². The first kappa shape index (κ1) is 30.6. The summed E-state index contributed by atoms with van der Waals surface area (Å²) in [4.78, 5) is 28.6. The van der Waals surface area contributed by atoms with Crippen LogP contribution >= 0.6 is 0 Å². The van der Waals surface area contributed by atoms with Gasteiger partial charge in [-0.1, -0.05) is 12.1 Å². The lowest BCUT2D eigenvalue weighted by Gasteiger charge is -2.46. The van der Waals surface area contributed by atoms with Crippen molar-refractivity contribution in [1.29, 1.82) is 5.41 Å². The minimum absolute atomic E-state index is 0.00198. The van der Waals surface area contributed by atoms with Gasteiger partial charge in [0.05, 0.1) is 61.0 Å². The highest BCUT2D eigenvalue weighted by Crippen LogP contribution is 2.52. The van der Waals surface area contributed by atoms with Gasteiger partial charge in [-0.05, 0) is 13.0 Å². The number of Topliss-reactive ketones (excluding diaryl/α,β-unsaturated/α-hetero) is 1. The Hall–Kier alpha value is -3.43. The fourth-order valence-corrected chi connectivity index (χ4v) is 7.01. The molecule has 0 spiro atoms. The molecule has 2 aromatic rings. The molecule has 13 nitrogen and oxygen atoms in total. The fraction of sp³-hybridized carbons (Fsp3) is 0.516. The number of ether oxygens (including phenoxy) is 4. The molecule has 236 valence electrons. The van der Waals surface area contributed by atoms with Crippen molar-refractivity contribution < 1.29 is 54.1 Å². The molecular formula is C31H36N2O11. The van der Waals surface area contributed by atoms with Gasteiger partial charge in [-0.15, -0.1) is 0 Å². The third-order valence-electron chi connectivity index (χ3n) is 9.29. The summed E-state index contributed by atoms with van der Waals surface area (Å²) in [7, 11) is 1.39. The summed E-state index contributed by atoms with van der Waals surface area (Å²) in [6.07, 6.45) is -4.43. The number of rotatable bonds is 6. The standard InChI is InChI=1S/C31H36N2O11/c1-14-27(36)17(33-6-8-42-9-7-33)10-21(43-14)44-19-12-31(40,20(35)13-34)11-16-23(19)30(39)24-25(29(16)38)28(37)15-4-3-5-18(41-2)22(15)26(24)32/h3-5,14,17,19,21,27,32,34,36,38-40H,6-13H2,1-2H3/t14-,17-,19-,21-,27+,31-/m0/s1. The molecule has 2 fully saturated rings. The van der Waals surface area contributed by atoms with Crippen molar-refractivity contribution in [3.05, 3.63) is 51.6 Å². The Labute approximate surface area is 253 Å². The summed E-state index contributed by atoms with van der Waals surface area (Å²) in [5, 5.41) is 64.4. The maximum absolute atomic E-state index is 13.7. The average Bonchev–Trinajstić information content (AvgIpc) is 3.02. The Morgan fingerprint density at radius 3 is 2.57 bits per heavy atom. The number of carbonyl (C=O) groups is 2. The topological polar surface area (TPSA) is 199 Å². The zero-order chi connectivity index (χ0) is 31.5. The molecule has 2 aliphatic carbocycles. The molecule has 6 N–H and O–H groups in total. The molecule has 0 radical (unpaired) electrons. The van der Waals surface area contributed by atoms with Crippen LogP contribution in [0.1, 0.15) is 64.0 Å².